The third kappa shape index (κ3) is 2.97. The standard InChI is InChI=1S/C13H21NO2/c1-10-7-13(6-5-12(10)8-15)14(3)11(2)9-16-4/h5-7,11,15H,8-9H2,1-4H3. The Hall–Kier alpha value is -1.06. The van der Waals surface area contributed by atoms with E-state index in [1.807, 2.05) is 19.1 Å². The van der Waals surface area contributed by atoms with E-state index in [2.05, 4.69) is 24.9 Å². The van der Waals surface area contributed by atoms with Crippen LogP contribution in [-0.4, -0.2) is 31.9 Å². The van der Waals surface area contributed by atoms with Crippen LogP contribution in [0.3, 0.4) is 0 Å². The molecule has 16 heavy (non-hydrogen) atoms. The molecular formula is C13H21NO2. The van der Waals surface area contributed by atoms with E-state index in [1.54, 1.807) is 7.11 Å². The van der Waals surface area contributed by atoms with E-state index in [-0.39, 0.29) is 6.61 Å². The van der Waals surface area contributed by atoms with E-state index in [9.17, 15) is 0 Å². The highest BCUT2D eigenvalue weighted by Gasteiger charge is 2.10. The van der Waals surface area contributed by atoms with Crippen molar-refractivity contribution in [3.63, 3.8) is 0 Å². The van der Waals surface area contributed by atoms with Gasteiger partial charge in [-0.05, 0) is 37.1 Å². The summed E-state index contributed by atoms with van der Waals surface area (Å²) < 4.78 is 5.14. The van der Waals surface area contributed by atoms with Crippen LogP contribution in [0.4, 0.5) is 5.69 Å². The Kier molecular flexibility index (Phi) is 4.77. The molecule has 0 bridgehead atoms. The van der Waals surface area contributed by atoms with Crippen molar-refractivity contribution in [3.05, 3.63) is 29.3 Å². The van der Waals surface area contributed by atoms with Gasteiger partial charge in [0, 0.05) is 25.9 Å². The number of likely N-dealkylation sites (N-methyl/N-ethyl adjacent to an activating group) is 1. The van der Waals surface area contributed by atoms with E-state index in [0.29, 0.717) is 12.6 Å². The van der Waals surface area contributed by atoms with E-state index in [1.165, 1.54) is 0 Å². The first-order chi connectivity index (χ1) is 7.60. The maximum absolute atomic E-state index is 9.11. The number of anilines is 1. The van der Waals surface area contributed by atoms with Crippen LogP contribution < -0.4 is 4.90 Å². The molecule has 0 aliphatic carbocycles. The van der Waals surface area contributed by atoms with Crippen molar-refractivity contribution in [1.82, 2.24) is 0 Å². The van der Waals surface area contributed by atoms with Gasteiger partial charge in [0.15, 0.2) is 0 Å². The molecule has 0 aliphatic rings. The molecule has 0 amide bonds. The number of hydrogen-bond acceptors (Lipinski definition) is 3. The Balaban J connectivity index is 2.84. The number of ether oxygens (including phenoxy) is 1. The molecule has 0 saturated carbocycles. The summed E-state index contributed by atoms with van der Waals surface area (Å²) in [6.07, 6.45) is 0. The molecule has 0 fully saturated rings. The Morgan fingerprint density at radius 3 is 2.62 bits per heavy atom. The summed E-state index contributed by atoms with van der Waals surface area (Å²) in [6.45, 7) is 4.95. The fourth-order valence-corrected chi connectivity index (χ4v) is 1.68. The lowest BCUT2D eigenvalue weighted by atomic mass is 10.1. The summed E-state index contributed by atoms with van der Waals surface area (Å²) in [7, 11) is 3.77. The second kappa shape index (κ2) is 5.87. The van der Waals surface area contributed by atoms with Gasteiger partial charge in [-0.1, -0.05) is 6.07 Å². The lowest BCUT2D eigenvalue weighted by molar-refractivity contribution is 0.183. The molecule has 1 atom stereocenters. The number of aryl methyl sites for hydroxylation is 1. The Morgan fingerprint density at radius 1 is 1.44 bits per heavy atom. The smallest absolute Gasteiger partial charge is 0.0684 e. The van der Waals surface area contributed by atoms with Crippen molar-refractivity contribution in [2.45, 2.75) is 26.5 Å². The summed E-state index contributed by atoms with van der Waals surface area (Å²) >= 11 is 0. The number of methoxy groups -OCH3 is 1. The second-order valence-electron chi connectivity index (χ2n) is 4.18. The fraction of sp³-hybridized carbons (Fsp3) is 0.538. The van der Waals surface area contributed by atoms with Crippen LogP contribution >= 0.6 is 0 Å². The van der Waals surface area contributed by atoms with Crippen LogP contribution in [0.2, 0.25) is 0 Å². The Bertz CT molecular complexity index is 339. The SMILES string of the molecule is COCC(C)N(C)c1ccc(CO)c(C)c1. The van der Waals surface area contributed by atoms with Crippen molar-refractivity contribution in [2.75, 3.05) is 25.7 Å². The molecule has 1 aromatic carbocycles. The van der Waals surface area contributed by atoms with Crippen molar-refractivity contribution < 1.29 is 9.84 Å². The van der Waals surface area contributed by atoms with Gasteiger partial charge >= 0.3 is 0 Å². The lowest BCUT2D eigenvalue weighted by Gasteiger charge is -2.27. The molecule has 0 aromatic heterocycles. The van der Waals surface area contributed by atoms with Crippen molar-refractivity contribution in [1.29, 1.82) is 0 Å². The number of rotatable bonds is 5. The molecule has 1 rings (SSSR count). The van der Waals surface area contributed by atoms with Gasteiger partial charge in [-0.15, -0.1) is 0 Å². The predicted molar refractivity (Wildman–Crippen MR) is 66.8 cm³/mol. The van der Waals surface area contributed by atoms with Crippen LogP contribution in [0.25, 0.3) is 0 Å². The summed E-state index contributed by atoms with van der Waals surface area (Å²) in [5.41, 5.74) is 3.26. The molecule has 0 saturated heterocycles. The predicted octanol–water partition coefficient (Wildman–Crippen LogP) is 1.96. The Labute approximate surface area is 97.7 Å². The minimum Gasteiger partial charge on any atom is -0.392 e. The van der Waals surface area contributed by atoms with Gasteiger partial charge in [-0.3, -0.25) is 0 Å². The topological polar surface area (TPSA) is 32.7 Å². The number of aliphatic hydroxyl groups is 1. The highest BCUT2D eigenvalue weighted by atomic mass is 16.5. The monoisotopic (exact) mass is 223 g/mol. The first kappa shape index (κ1) is 13.0. The molecule has 1 unspecified atom stereocenters. The van der Waals surface area contributed by atoms with E-state index in [0.717, 1.165) is 16.8 Å². The number of hydrogen-bond donors (Lipinski definition) is 1. The quantitative estimate of drug-likeness (QED) is 0.828. The van der Waals surface area contributed by atoms with Gasteiger partial charge in [-0.2, -0.15) is 0 Å². The molecule has 1 aromatic rings. The molecule has 0 aliphatic heterocycles. The minimum atomic E-state index is 0.101. The fourth-order valence-electron chi connectivity index (χ4n) is 1.68. The molecule has 1 N–H and O–H groups in total. The van der Waals surface area contributed by atoms with Gasteiger partial charge in [0.1, 0.15) is 0 Å². The first-order valence-electron chi connectivity index (χ1n) is 5.52. The first-order valence-corrected chi connectivity index (χ1v) is 5.52. The summed E-state index contributed by atoms with van der Waals surface area (Å²) in [5, 5.41) is 9.11. The van der Waals surface area contributed by atoms with E-state index < -0.39 is 0 Å². The Morgan fingerprint density at radius 2 is 2.12 bits per heavy atom. The van der Waals surface area contributed by atoms with Crippen LogP contribution in [0.5, 0.6) is 0 Å². The third-order valence-corrected chi connectivity index (χ3v) is 2.97. The molecule has 3 heteroatoms. The van der Waals surface area contributed by atoms with Crippen molar-refractivity contribution in [2.24, 2.45) is 0 Å². The van der Waals surface area contributed by atoms with E-state index in [4.69, 9.17) is 9.84 Å². The zero-order chi connectivity index (χ0) is 12.1. The highest BCUT2D eigenvalue weighted by Crippen LogP contribution is 2.20. The third-order valence-electron chi connectivity index (χ3n) is 2.97. The second-order valence-corrected chi connectivity index (χ2v) is 4.18. The molecule has 0 spiro atoms. The maximum Gasteiger partial charge on any atom is 0.0684 e. The molecule has 0 radical (unpaired) electrons. The van der Waals surface area contributed by atoms with Gasteiger partial charge in [0.2, 0.25) is 0 Å². The molecule has 0 heterocycles. The summed E-state index contributed by atoms with van der Waals surface area (Å²) in [6, 6.07) is 6.44. The highest BCUT2D eigenvalue weighted by molar-refractivity contribution is 5.50. The largest absolute Gasteiger partial charge is 0.392 e. The zero-order valence-electron chi connectivity index (χ0n) is 10.5. The number of aliphatic hydroxyl groups excluding tert-OH is 1. The van der Waals surface area contributed by atoms with Crippen LogP contribution in [0, 0.1) is 6.92 Å². The van der Waals surface area contributed by atoms with Gasteiger partial charge in [0.05, 0.1) is 13.2 Å². The zero-order valence-corrected chi connectivity index (χ0v) is 10.5. The van der Waals surface area contributed by atoms with Crippen molar-refractivity contribution in [3.8, 4) is 0 Å². The van der Waals surface area contributed by atoms with E-state index >= 15 is 0 Å². The molecular weight excluding hydrogens is 202 g/mol. The lowest BCUT2D eigenvalue weighted by Crippen LogP contribution is -2.32. The van der Waals surface area contributed by atoms with Gasteiger partial charge < -0.3 is 14.7 Å². The van der Waals surface area contributed by atoms with Crippen LogP contribution in [0.1, 0.15) is 18.1 Å². The van der Waals surface area contributed by atoms with Gasteiger partial charge in [0.25, 0.3) is 0 Å². The van der Waals surface area contributed by atoms with Gasteiger partial charge in [-0.25, -0.2) is 0 Å². The molecule has 3 nitrogen and oxygen atoms in total. The summed E-state index contributed by atoms with van der Waals surface area (Å²) in [4.78, 5) is 2.18. The average molecular weight is 223 g/mol. The van der Waals surface area contributed by atoms with Crippen molar-refractivity contribution >= 4 is 5.69 Å². The molecule has 90 valence electrons. The van der Waals surface area contributed by atoms with Crippen LogP contribution in [0.15, 0.2) is 18.2 Å². The number of benzene rings is 1. The minimum absolute atomic E-state index is 0.101. The van der Waals surface area contributed by atoms with Crippen LogP contribution in [-0.2, 0) is 11.3 Å². The maximum atomic E-state index is 9.11. The number of nitrogens with zero attached hydrogens (tertiary/aromatic N) is 1. The average Bonchev–Trinajstić information content (AvgIpc) is 2.28. The summed E-state index contributed by atoms with van der Waals surface area (Å²) in [5.74, 6) is 0. The normalized spacial score (nSPS) is 12.6.